The van der Waals surface area contributed by atoms with Crippen molar-refractivity contribution in [2.75, 3.05) is 13.1 Å². The Balaban J connectivity index is 4.48. The van der Waals surface area contributed by atoms with Crippen molar-refractivity contribution in [1.82, 2.24) is 4.31 Å². The SMILES string of the molecule is CCCCCCCCN(CCCCCCCC)S(=O)(=O)C(C#N)CC. The number of hydrogen-bond acceptors (Lipinski definition) is 3. The molecule has 0 radical (unpaired) electrons. The molecule has 0 aliphatic carbocycles. The van der Waals surface area contributed by atoms with Gasteiger partial charge in [0.2, 0.25) is 10.0 Å². The predicted octanol–water partition coefficient (Wildman–Crippen LogP) is 5.64. The molecule has 0 bridgehead atoms. The third kappa shape index (κ3) is 10.9. The van der Waals surface area contributed by atoms with E-state index < -0.39 is 15.3 Å². The Morgan fingerprint density at radius 2 is 1.16 bits per heavy atom. The average molecular weight is 373 g/mol. The fourth-order valence-corrected chi connectivity index (χ4v) is 4.73. The lowest BCUT2D eigenvalue weighted by Crippen LogP contribution is -2.39. The van der Waals surface area contributed by atoms with Crippen LogP contribution >= 0.6 is 0 Å². The number of sulfonamides is 1. The number of rotatable bonds is 17. The highest BCUT2D eigenvalue weighted by Crippen LogP contribution is 2.16. The first-order chi connectivity index (χ1) is 12.0. The summed E-state index contributed by atoms with van der Waals surface area (Å²) in [4.78, 5) is 0. The summed E-state index contributed by atoms with van der Waals surface area (Å²) in [6, 6.07) is 1.98. The molecule has 1 unspecified atom stereocenters. The Bertz CT molecular complexity index is 427. The molecule has 0 aromatic heterocycles. The third-order valence-electron chi connectivity index (χ3n) is 4.76. The fourth-order valence-electron chi connectivity index (χ4n) is 3.05. The van der Waals surface area contributed by atoms with Crippen molar-refractivity contribution in [3.8, 4) is 6.07 Å². The molecule has 0 aliphatic rings. The Morgan fingerprint density at radius 1 is 0.760 bits per heavy atom. The molecule has 0 aromatic rings. The molecule has 0 N–H and O–H groups in total. The van der Waals surface area contributed by atoms with Crippen molar-refractivity contribution in [3.63, 3.8) is 0 Å². The van der Waals surface area contributed by atoms with Gasteiger partial charge in [0, 0.05) is 13.1 Å². The van der Waals surface area contributed by atoms with Crippen LogP contribution < -0.4 is 0 Å². The van der Waals surface area contributed by atoms with Gasteiger partial charge < -0.3 is 0 Å². The maximum Gasteiger partial charge on any atom is 0.230 e. The van der Waals surface area contributed by atoms with E-state index in [1.54, 1.807) is 11.2 Å². The minimum atomic E-state index is -3.49. The highest BCUT2D eigenvalue weighted by atomic mass is 32.2. The zero-order valence-corrected chi connectivity index (χ0v) is 17.6. The molecule has 5 heteroatoms. The Kier molecular flexibility index (Phi) is 15.3. The number of nitrogens with zero attached hydrogens (tertiary/aromatic N) is 2. The third-order valence-corrected chi connectivity index (χ3v) is 7.00. The van der Waals surface area contributed by atoms with Crippen LogP contribution in [0.5, 0.6) is 0 Å². The van der Waals surface area contributed by atoms with E-state index >= 15 is 0 Å². The first-order valence-electron chi connectivity index (χ1n) is 10.4. The number of nitriles is 1. The van der Waals surface area contributed by atoms with Crippen LogP contribution in [0.2, 0.25) is 0 Å². The van der Waals surface area contributed by atoms with E-state index in [9.17, 15) is 13.7 Å². The molecule has 0 rings (SSSR count). The molecule has 0 fully saturated rings. The van der Waals surface area contributed by atoms with Gasteiger partial charge in [0.1, 0.15) is 0 Å². The monoisotopic (exact) mass is 372 g/mol. The lowest BCUT2D eigenvalue weighted by atomic mass is 10.1. The molecule has 4 nitrogen and oxygen atoms in total. The highest BCUT2D eigenvalue weighted by Gasteiger charge is 2.30. The van der Waals surface area contributed by atoms with Crippen LogP contribution in [0.3, 0.4) is 0 Å². The molecule has 0 saturated heterocycles. The van der Waals surface area contributed by atoms with Gasteiger partial charge in [0.25, 0.3) is 0 Å². The average Bonchev–Trinajstić information content (AvgIpc) is 2.59. The zero-order valence-electron chi connectivity index (χ0n) is 16.8. The van der Waals surface area contributed by atoms with Gasteiger partial charge in [-0.15, -0.1) is 0 Å². The second-order valence-corrected chi connectivity index (χ2v) is 9.12. The van der Waals surface area contributed by atoms with Crippen molar-refractivity contribution in [3.05, 3.63) is 0 Å². The van der Waals surface area contributed by atoms with Crippen LogP contribution in [0, 0.1) is 11.3 Å². The Hall–Kier alpha value is -0.600. The van der Waals surface area contributed by atoms with E-state index in [0.29, 0.717) is 19.5 Å². The van der Waals surface area contributed by atoms with Crippen LogP contribution in [0.1, 0.15) is 104 Å². The lowest BCUT2D eigenvalue weighted by Gasteiger charge is -2.24. The maximum atomic E-state index is 12.7. The summed E-state index contributed by atoms with van der Waals surface area (Å²) in [5.74, 6) is 0. The Labute approximate surface area is 157 Å². The van der Waals surface area contributed by atoms with Crippen molar-refractivity contribution >= 4 is 10.0 Å². The standard InChI is InChI=1S/C20H40N2O2S/c1-4-7-9-11-13-15-17-22(18-16-14-12-10-8-5-2)25(23,24)20(6-3)19-21/h20H,4-18H2,1-3H3. The maximum absolute atomic E-state index is 12.7. The zero-order chi connectivity index (χ0) is 19.0. The molecule has 0 spiro atoms. The van der Waals surface area contributed by atoms with E-state index in [4.69, 9.17) is 0 Å². The van der Waals surface area contributed by atoms with Crippen molar-refractivity contribution < 1.29 is 8.42 Å². The number of hydrogen-bond donors (Lipinski definition) is 0. The summed E-state index contributed by atoms with van der Waals surface area (Å²) in [5, 5.41) is 8.30. The van der Waals surface area contributed by atoms with Crippen molar-refractivity contribution in [1.29, 1.82) is 5.26 Å². The van der Waals surface area contributed by atoms with Gasteiger partial charge in [-0.3, -0.25) is 0 Å². The van der Waals surface area contributed by atoms with Gasteiger partial charge >= 0.3 is 0 Å². The predicted molar refractivity (Wildman–Crippen MR) is 107 cm³/mol. The minimum Gasteiger partial charge on any atom is -0.211 e. The van der Waals surface area contributed by atoms with E-state index in [2.05, 4.69) is 13.8 Å². The second-order valence-electron chi connectivity index (χ2n) is 7.01. The Morgan fingerprint density at radius 3 is 1.52 bits per heavy atom. The molecule has 1 atom stereocenters. The molecular weight excluding hydrogens is 332 g/mol. The summed E-state index contributed by atoms with van der Waals surface area (Å²) in [7, 11) is -3.49. The molecule has 0 heterocycles. The minimum absolute atomic E-state index is 0.363. The van der Waals surface area contributed by atoms with E-state index in [1.165, 1.54) is 51.4 Å². The first kappa shape index (κ1) is 24.4. The van der Waals surface area contributed by atoms with E-state index in [1.807, 2.05) is 6.07 Å². The normalized spacial score (nSPS) is 13.1. The molecule has 25 heavy (non-hydrogen) atoms. The summed E-state index contributed by atoms with van der Waals surface area (Å²) < 4.78 is 27.1. The summed E-state index contributed by atoms with van der Waals surface area (Å²) >= 11 is 0. The molecule has 0 saturated carbocycles. The topological polar surface area (TPSA) is 61.2 Å². The van der Waals surface area contributed by atoms with Crippen molar-refractivity contribution in [2.24, 2.45) is 0 Å². The van der Waals surface area contributed by atoms with Crippen LogP contribution in [-0.4, -0.2) is 31.1 Å². The fraction of sp³-hybridized carbons (Fsp3) is 0.950. The van der Waals surface area contributed by atoms with Crippen LogP contribution in [0.25, 0.3) is 0 Å². The molecule has 0 aliphatic heterocycles. The molecule has 0 aromatic carbocycles. The van der Waals surface area contributed by atoms with Gasteiger partial charge in [-0.2, -0.15) is 5.26 Å². The summed E-state index contributed by atoms with van der Waals surface area (Å²) in [6.07, 6.45) is 14.1. The quantitative estimate of drug-likeness (QED) is 0.310. The van der Waals surface area contributed by atoms with E-state index in [-0.39, 0.29) is 0 Å². The summed E-state index contributed by atoms with van der Waals surface area (Å²) in [6.45, 7) is 7.31. The molecule has 148 valence electrons. The van der Waals surface area contributed by atoms with Crippen LogP contribution in [0.4, 0.5) is 0 Å². The van der Waals surface area contributed by atoms with Gasteiger partial charge in [-0.05, 0) is 19.3 Å². The lowest BCUT2D eigenvalue weighted by molar-refractivity contribution is 0.380. The highest BCUT2D eigenvalue weighted by molar-refractivity contribution is 7.90. The number of unbranched alkanes of at least 4 members (excludes halogenated alkanes) is 10. The summed E-state index contributed by atoms with van der Waals surface area (Å²) in [5.41, 5.74) is 0. The second kappa shape index (κ2) is 15.6. The van der Waals surface area contributed by atoms with Gasteiger partial charge in [-0.1, -0.05) is 85.0 Å². The van der Waals surface area contributed by atoms with Gasteiger partial charge in [-0.25, -0.2) is 12.7 Å². The van der Waals surface area contributed by atoms with Crippen LogP contribution in [-0.2, 0) is 10.0 Å². The largest absolute Gasteiger partial charge is 0.230 e. The molecular formula is C20H40N2O2S. The van der Waals surface area contributed by atoms with E-state index in [0.717, 1.165) is 25.7 Å². The smallest absolute Gasteiger partial charge is 0.211 e. The van der Waals surface area contributed by atoms with Gasteiger partial charge in [0.15, 0.2) is 5.25 Å². The van der Waals surface area contributed by atoms with Crippen molar-refractivity contribution in [2.45, 2.75) is 109 Å². The molecule has 0 amide bonds. The van der Waals surface area contributed by atoms with Gasteiger partial charge in [0.05, 0.1) is 6.07 Å². The van der Waals surface area contributed by atoms with Crippen LogP contribution in [0.15, 0.2) is 0 Å². The first-order valence-corrected chi connectivity index (χ1v) is 11.9.